The minimum atomic E-state index is -0.0106. The van der Waals surface area contributed by atoms with Crippen molar-refractivity contribution >= 4 is 45.9 Å². The fraction of sp³-hybridized carbons (Fsp3) is 0.480. The van der Waals surface area contributed by atoms with Crippen LogP contribution in [-0.4, -0.2) is 30.3 Å². The molecule has 2 aliphatic rings. The highest BCUT2D eigenvalue weighted by Crippen LogP contribution is 2.45. The van der Waals surface area contributed by atoms with E-state index in [1.165, 1.54) is 49.2 Å². The first-order valence-electron chi connectivity index (χ1n) is 11.0. The summed E-state index contributed by atoms with van der Waals surface area (Å²) in [6.07, 6.45) is 6.15. The van der Waals surface area contributed by atoms with Crippen molar-refractivity contribution in [2.75, 3.05) is 19.6 Å². The third-order valence-corrected chi connectivity index (χ3v) is 8.71. The normalized spacial score (nSPS) is 22.7. The van der Waals surface area contributed by atoms with Crippen LogP contribution < -0.4 is 0 Å². The zero-order valence-electron chi connectivity index (χ0n) is 17.7. The van der Waals surface area contributed by atoms with Gasteiger partial charge in [0.1, 0.15) is 0 Å². The smallest absolute Gasteiger partial charge is 0.195 e. The molecule has 2 aromatic rings. The van der Waals surface area contributed by atoms with Gasteiger partial charge >= 0.3 is 0 Å². The number of carbonyl (C=O) groups excluding carboxylic acids is 1. The number of benzene rings is 1. The predicted molar refractivity (Wildman–Crippen MR) is 129 cm³/mol. The van der Waals surface area contributed by atoms with Crippen LogP contribution in [0.2, 0.25) is 10.0 Å². The molecule has 2 atom stereocenters. The van der Waals surface area contributed by atoms with Crippen LogP contribution in [0.5, 0.6) is 0 Å². The van der Waals surface area contributed by atoms with Crippen molar-refractivity contribution < 1.29 is 4.79 Å². The van der Waals surface area contributed by atoms with E-state index in [4.69, 9.17) is 23.2 Å². The van der Waals surface area contributed by atoms with Crippen LogP contribution in [0.25, 0.3) is 5.57 Å². The molecule has 1 saturated heterocycles. The molecule has 2 heterocycles. The van der Waals surface area contributed by atoms with Gasteiger partial charge in [0.15, 0.2) is 5.78 Å². The lowest BCUT2D eigenvalue weighted by Crippen LogP contribution is -2.32. The molecule has 0 radical (unpaired) electrons. The van der Waals surface area contributed by atoms with Gasteiger partial charge in [0.25, 0.3) is 0 Å². The van der Waals surface area contributed by atoms with E-state index in [1.54, 1.807) is 29.5 Å². The molecule has 30 heavy (non-hydrogen) atoms. The highest BCUT2D eigenvalue weighted by atomic mass is 35.5. The van der Waals surface area contributed by atoms with Gasteiger partial charge in [-0.05, 0) is 93.2 Å². The third kappa shape index (κ3) is 4.41. The number of ketones is 1. The van der Waals surface area contributed by atoms with E-state index in [0.29, 0.717) is 27.4 Å². The topological polar surface area (TPSA) is 20.3 Å². The molecule has 0 bridgehead atoms. The summed E-state index contributed by atoms with van der Waals surface area (Å²) in [6.45, 7) is 8.09. The van der Waals surface area contributed by atoms with E-state index >= 15 is 0 Å². The molecular weight excluding hydrogens is 433 g/mol. The second kappa shape index (κ2) is 9.56. The van der Waals surface area contributed by atoms with E-state index in [-0.39, 0.29) is 5.78 Å². The van der Waals surface area contributed by atoms with Crippen LogP contribution in [0.15, 0.2) is 35.2 Å². The number of likely N-dealkylation sites (tertiary alicyclic amines) is 1. The fourth-order valence-corrected chi connectivity index (χ4v) is 6.45. The van der Waals surface area contributed by atoms with Gasteiger partial charge in [-0.1, -0.05) is 48.2 Å². The average molecular weight is 462 g/mol. The molecule has 1 fully saturated rings. The van der Waals surface area contributed by atoms with Crippen LogP contribution in [0, 0.1) is 5.92 Å². The van der Waals surface area contributed by atoms with Gasteiger partial charge in [0, 0.05) is 16.0 Å². The Hall–Kier alpha value is -1.13. The highest BCUT2D eigenvalue weighted by molar-refractivity contribution is 7.10. The Morgan fingerprint density at radius 3 is 2.70 bits per heavy atom. The van der Waals surface area contributed by atoms with Crippen molar-refractivity contribution in [3.63, 3.8) is 0 Å². The van der Waals surface area contributed by atoms with Gasteiger partial charge in [0.2, 0.25) is 0 Å². The fourth-order valence-electron chi connectivity index (χ4n) is 5.01. The number of hydrogen-bond donors (Lipinski definition) is 0. The maximum atomic E-state index is 13.6. The molecule has 2 nitrogen and oxygen atoms in total. The number of carbonyl (C=O) groups is 1. The van der Waals surface area contributed by atoms with E-state index < -0.39 is 0 Å². The maximum absolute atomic E-state index is 13.6. The number of allylic oxidation sites excluding steroid dienone is 2. The third-order valence-electron chi connectivity index (χ3n) is 6.77. The number of rotatable bonds is 5. The lowest BCUT2D eigenvalue weighted by molar-refractivity contribution is 0.105. The Kier molecular flexibility index (Phi) is 7.04. The molecule has 160 valence electrons. The summed E-state index contributed by atoms with van der Waals surface area (Å²) in [5.41, 5.74) is 3.58. The standard InChI is InChI=1S/C25H29Cl2NOS/c1-16-15-18(9-13-28-11-4-3-5-12-28)17(2)25-19(10-14-30-25)22(16)24(29)20-7-6-8-21(26)23(20)27/h6-8,10,14,17-18H,3-5,9,11-13,15H2,1-2H3. The molecule has 0 spiro atoms. The maximum Gasteiger partial charge on any atom is 0.195 e. The molecule has 5 heteroatoms. The van der Waals surface area contributed by atoms with Crippen molar-refractivity contribution in [2.24, 2.45) is 5.92 Å². The van der Waals surface area contributed by atoms with Gasteiger partial charge in [-0.15, -0.1) is 11.3 Å². The van der Waals surface area contributed by atoms with Crippen LogP contribution in [0.1, 0.15) is 72.7 Å². The first kappa shape index (κ1) is 22.1. The zero-order chi connectivity index (χ0) is 21.3. The van der Waals surface area contributed by atoms with Crippen molar-refractivity contribution in [1.29, 1.82) is 0 Å². The molecule has 0 amide bonds. The number of nitrogens with zero attached hydrogens (tertiary/aromatic N) is 1. The van der Waals surface area contributed by atoms with Gasteiger partial charge in [-0.2, -0.15) is 0 Å². The molecule has 2 unspecified atom stereocenters. The van der Waals surface area contributed by atoms with Crippen LogP contribution in [0.3, 0.4) is 0 Å². The van der Waals surface area contributed by atoms with E-state index in [0.717, 1.165) is 24.1 Å². The Morgan fingerprint density at radius 1 is 1.17 bits per heavy atom. The molecule has 0 N–H and O–H groups in total. The van der Waals surface area contributed by atoms with Gasteiger partial charge in [-0.25, -0.2) is 0 Å². The van der Waals surface area contributed by atoms with Gasteiger partial charge in [-0.3, -0.25) is 4.79 Å². The van der Waals surface area contributed by atoms with Crippen LogP contribution in [0.4, 0.5) is 0 Å². The lowest BCUT2D eigenvalue weighted by Gasteiger charge is -2.30. The number of fused-ring (bicyclic) bond motifs is 1. The predicted octanol–water partition coefficient (Wildman–Crippen LogP) is 7.71. The summed E-state index contributed by atoms with van der Waals surface area (Å²) >= 11 is 14.4. The number of hydrogen-bond acceptors (Lipinski definition) is 3. The number of halogens is 2. The Morgan fingerprint density at radius 2 is 1.93 bits per heavy atom. The van der Waals surface area contributed by atoms with Gasteiger partial charge in [0.05, 0.1) is 10.0 Å². The van der Waals surface area contributed by atoms with Crippen molar-refractivity contribution in [3.05, 3.63) is 61.3 Å². The van der Waals surface area contributed by atoms with Crippen molar-refractivity contribution in [3.8, 4) is 0 Å². The summed E-state index contributed by atoms with van der Waals surface area (Å²) < 4.78 is 0. The number of Topliss-reactive ketones (excluding diaryl/α,β-unsaturated/α-hetero) is 1. The number of piperidine rings is 1. The molecule has 1 aliphatic heterocycles. The number of thiophene rings is 1. The van der Waals surface area contributed by atoms with Crippen molar-refractivity contribution in [1.82, 2.24) is 4.90 Å². The zero-order valence-corrected chi connectivity index (χ0v) is 20.0. The lowest BCUT2D eigenvalue weighted by atomic mass is 9.85. The first-order chi connectivity index (χ1) is 14.5. The summed E-state index contributed by atoms with van der Waals surface area (Å²) in [6, 6.07) is 7.42. The molecule has 4 rings (SSSR count). The average Bonchev–Trinajstić information content (AvgIpc) is 3.19. The van der Waals surface area contributed by atoms with Crippen molar-refractivity contribution in [2.45, 2.75) is 51.9 Å². The Bertz CT molecular complexity index is 958. The highest BCUT2D eigenvalue weighted by Gasteiger charge is 2.32. The molecular formula is C25H29Cl2NOS. The summed E-state index contributed by atoms with van der Waals surface area (Å²) in [7, 11) is 0. The van der Waals surface area contributed by atoms with E-state index in [2.05, 4.69) is 30.2 Å². The second-order valence-electron chi connectivity index (χ2n) is 8.73. The quantitative estimate of drug-likeness (QED) is 0.424. The minimum absolute atomic E-state index is 0.0106. The van der Waals surface area contributed by atoms with E-state index in [1.807, 2.05) is 0 Å². The first-order valence-corrected chi connectivity index (χ1v) is 12.6. The van der Waals surface area contributed by atoms with E-state index in [9.17, 15) is 4.79 Å². The second-order valence-corrected chi connectivity index (χ2v) is 10.5. The minimum Gasteiger partial charge on any atom is -0.303 e. The Balaban J connectivity index is 1.65. The summed E-state index contributed by atoms with van der Waals surface area (Å²) in [5.74, 6) is 0.980. The Labute approximate surface area is 193 Å². The van der Waals surface area contributed by atoms with Gasteiger partial charge < -0.3 is 4.90 Å². The van der Waals surface area contributed by atoms with Crippen LogP contribution in [-0.2, 0) is 0 Å². The summed E-state index contributed by atoms with van der Waals surface area (Å²) in [5, 5.41) is 2.89. The molecule has 1 aromatic heterocycles. The van der Waals surface area contributed by atoms with Crippen LogP contribution >= 0.6 is 34.5 Å². The summed E-state index contributed by atoms with van der Waals surface area (Å²) in [4.78, 5) is 17.6. The molecule has 1 aromatic carbocycles. The molecule has 1 aliphatic carbocycles. The SMILES string of the molecule is CC1=C(C(=O)c2cccc(Cl)c2Cl)c2ccsc2C(C)C(CCN2CCCCC2)C1. The molecule has 0 saturated carbocycles. The largest absolute Gasteiger partial charge is 0.303 e. The monoisotopic (exact) mass is 461 g/mol.